The Morgan fingerprint density at radius 3 is 2.71 bits per heavy atom. The van der Waals surface area contributed by atoms with Gasteiger partial charge in [0.05, 0.1) is 6.54 Å². The Morgan fingerprint density at radius 1 is 1.35 bits per heavy atom. The lowest BCUT2D eigenvalue weighted by molar-refractivity contribution is 0.328. The second-order valence-corrected chi connectivity index (χ2v) is 3.85. The first kappa shape index (κ1) is 14.1. The van der Waals surface area contributed by atoms with E-state index in [2.05, 4.69) is 10.3 Å². The van der Waals surface area contributed by atoms with E-state index in [-0.39, 0.29) is 24.0 Å². The van der Waals surface area contributed by atoms with Crippen LogP contribution in [0.15, 0.2) is 35.3 Å². The minimum atomic E-state index is 0. The highest BCUT2D eigenvalue weighted by Crippen LogP contribution is 2.17. The Balaban J connectivity index is 0.00000144. The first-order valence-electron chi connectivity index (χ1n) is 5.59. The molecular weight excluding hydrogens is 329 g/mol. The summed E-state index contributed by atoms with van der Waals surface area (Å²) in [7, 11) is 0. The van der Waals surface area contributed by atoms with Crippen molar-refractivity contribution < 1.29 is 4.74 Å². The number of nitrogens with zero attached hydrogens (tertiary/aromatic N) is 1. The van der Waals surface area contributed by atoms with Crippen molar-refractivity contribution in [2.75, 3.05) is 13.2 Å². The molecule has 1 aliphatic rings. The lowest BCUT2D eigenvalue weighted by Crippen LogP contribution is -2.33. The van der Waals surface area contributed by atoms with Gasteiger partial charge in [0.2, 0.25) is 0 Å². The first-order chi connectivity index (χ1) is 7.84. The summed E-state index contributed by atoms with van der Waals surface area (Å²) in [6.45, 7) is 1.14. The van der Waals surface area contributed by atoms with Crippen LogP contribution in [0.3, 0.4) is 0 Å². The second-order valence-electron chi connectivity index (χ2n) is 3.85. The topological polar surface area (TPSA) is 59.6 Å². The van der Waals surface area contributed by atoms with E-state index in [1.165, 1.54) is 12.8 Å². The molecule has 0 radical (unpaired) electrons. The first-order valence-corrected chi connectivity index (χ1v) is 5.59. The molecule has 0 amide bonds. The highest BCUT2D eigenvalue weighted by atomic mass is 127. The van der Waals surface area contributed by atoms with E-state index in [0.717, 1.165) is 5.75 Å². The highest BCUT2D eigenvalue weighted by Gasteiger charge is 2.21. The Hall–Kier alpha value is -0.980. The van der Waals surface area contributed by atoms with Crippen molar-refractivity contribution >= 4 is 29.9 Å². The van der Waals surface area contributed by atoms with Crippen molar-refractivity contribution in [1.82, 2.24) is 5.32 Å². The van der Waals surface area contributed by atoms with Crippen LogP contribution >= 0.6 is 24.0 Å². The van der Waals surface area contributed by atoms with Crippen molar-refractivity contribution in [3.63, 3.8) is 0 Å². The maximum atomic E-state index is 5.68. The molecule has 1 aliphatic carbocycles. The molecule has 0 bridgehead atoms. The van der Waals surface area contributed by atoms with Gasteiger partial charge in [-0.2, -0.15) is 0 Å². The number of ether oxygens (including phenoxy) is 1. The zero-order chi connectivity index (χ0) is 11.2. The Kier molecular flexibility index (Phi) is 6.10. The minimum absolute atomic E-state index is 0. The van der Waals surface area contributed by atoms with E-state index in [9.17, 15) is 0 Å². The van der Waals surface area contributed by atoms with Gasteiger partial charge >= 0.3 is 0 Å². The number of benzene rings is 1. The molecule has 0 aliphatic heterocycles. The molecule has 0 spiro atoms. The summed E-state index contributed by atoms with van der Waals surface area (Å²) in [5.41, 5.74) is 5.68. The smallest absolute Gasteiger partial charge is 0.188 e. The average molecular weight is 347 g/mol. The number of nitrogens with one attached hydrogen (secondary N) is 1. The quantitative estimate of drug-likeness (QED) is 0.369. The molecule has 2 rings (SSSR count). The number of aliphatic imine (C=N–C) groups is 1. The van der Waals surface area contributed by atoms with Crippen molar-refractivity contribution in [2.45, 2.75) is 18.9 Å². The number of para-hydroxylation sites is 1. The van der Waals surface area contributed by atoms with Gasteiger partial charge in [0, 0.05) is 6.04 Å². The molecule has 0 unspecified atom stereocenters. The lowest BCUT2D eigenvalue weighted by Gasteiger charge is -2.05. The maximum Gasteiger partial charge on any atom is 0.188 e. The van der Waals surface area contributed by atoms with Gasteiger partial charge in [-0.25, -0.2) is 4.99 Å². The summed E-state index contributed by atoms with van der Waals surface area (Å²) in [5, 5.41) is 3.12. The molecule has 0 atom stereocenters. The third-order valence-corrected chi connectivity index (χ3v) is 2.31. The van der Waals surface area contributed by atoms with E-state index < -0.39 is 0 Å². The molecule has 5 heteroatoms. The van der Waals surface area contributed by atoms with Crippen LogP contribution < -0.4 is 15.8 Å². The van der Waals surface area contributed by atoms with E-state index in [4.69, 9.17) is 10.5 Å². The number of halogens is 1. The summed E-state index contributed by atoms with van der Waals surface area (Å²) in [5.74, 6) is 1.39. The van der Waals surface area contributed by atoms with Crippen molar-refractivity contribution in [3.8, 4) is 5.75 Å². The van der Waals surface area contributed by atoms with E-state index >= 15 is 0 Å². The van der Waals surface area contributed by atoms with Gasteiger partial charge in [-0.3, -0.25) is 0 Å². The van der Waals surface area contributed by atoms with Gasteiger partial charge in [0.15, 0.2) is 5.96 Å². The van der Waals surface area contributed by atoms with Gasteiger partial charge in [0.25, 0.3) is 0 Å². The van der Waals surface area contributed by atoms with Gasteiger partial charge in [0.1, 0.15) is 12.4 Å². The number of hydrogen-bond donors (Lipinski definition) is 2. The van der Waals surface area contributed by atoms with Gasteiger partial charge in [-0.1, -0.05) is 18.2 Å². The summed E-state index contributed by atoms with van der Waals surface area (Å²) in [4.78, 5) is 4.18. The predicted molar refractivity (Wildman–Crippen MR) is 80.0 cm³/mol. The van der Waals surface area contributed by atoms with Crippen molar-refractivity contribution in [2.24, 2.45) is 10.7 Å². The Labute approximate surface area is 119 Å². The Morgan fingerprint density at radius 2 is 2.06 bits per heavy atom. The summed E-state index contributed by atoms with van der Waals surface area (Å²) < 4.78 is 5.49. The van der Waals surface area contributed by atoms with Crippen molar-refractivity contribution in [3.05, 3.63) is 30.3 Å². The van der Waals surface area contributed by atoms with Crippen molar-refractivity contribution in [1.29, 1.82) is 0 Å². The van der Waals surface area contributed by atoms with Crippen LogP contribution in [0.25, 0.3) is 0 Å². The van der Waals surface area contributed by atoms with E-state index in [1.54, 1.807) is 0 Å². The molecule has 0 aromatic heterocycles. The molecule has 4 nitrogen and oxygen atoms in total. The second kappa shape index (κ2) is 7.37. The van der Waals surface area contributed by atoms with Crippen LogP contribution in [0.2, 0.25) is 0 Å². The van der Waals surface area contributed by atoms with Crippen LogP contribution in [0.5, 0.6) is 5.75 Å². The fourth-order valence-electron chi connectivity index (χ4n) is 1.33. The van der Waals surface area contributed by atoms with Crippen LogP contribution in [0.1, 0.15) is 12.8 Å². The molecule has 17 heavy (non-hydrogen) atoms. The van der Waals surface area contributed by atoms with Gasteiger partial charge in [-0.05, 0) is 25.0 Å². The molecule has 1 fully saturated rings. The lowest BCUT2D eigenvalue weighted by atomic mass is 10.3. The largest absolute Gasteiger partial charge is 0.492 e. The number of guanidine groups is 1. The minimum Gasteiger partial charge on any atom is -0.492 e. The van der Waals surface area contributed by atoms with E-state index in [0.29, 0.717) is 25.2 Å². The number of hydrogen-bond acceptors (Lipinski definition) is 2. The molecule has 0 heterocycles. The zero-order valence-electron chi connectivity index (χ0n) is 9.63. The summed E-state index contributed by atoms with van der Waals surface area (Å²) >= 11 is 0. The normalized spacial score (nSPS) is 14.9. The standard InChI is InChI=1S/C12H17N3O.HI/c13-12(15-10-6-7-10)14-8-9-16-11-4-2-1-3-5-11;/h1-5,10H,6-9H2,(H3,13,14,15);1H. The zero-order valence-corrected chi connectivity index (χ0v) is 12.0. The molecule has 3 N–H and O–H groups in total. The predicted octanol–water partition coefficient (Wildman–Crippen LogP) is 1.75. The monoisotopic (exact) mass is 347 g/mol. The fourth-order valence-corrected chi connectivity index (χ4v) is 1.33. The van der Waals surface area contributed by atoms with Crippen LogP contribution in [-0.2, 0) is 0 Å². The molecule has 1 saturated carbocycles. The van der Waals surface area contributed by atoms with Gasteiger partial charge in [-0.15, -0.1) is 24.0 Å². The maximum absolute atomic E-state index is 5.68. The molecule has 1 aromatic rings. The molecule has 94 valence electrons. The third kappa shape index (κ3) is 5.76. The SMILES string of the molecule is I.NC(=NCCOc1ccccc1)NC1CC1. The fraction of sp³-hybridized carbons (Fsp3) is 0.417. The van der Waals surface area contributed by atoms with Crippen LogP contribution in [0.4, 0.5) is 0 Å². The third-order valence-electron chi connectivity index (χ3n) is 2.31. The number of nitrogens with two attached hydrogens (primary N) is 1. The summed E-state index contributed by atoms with van der Waals surface area (Å²) in [6.07, 6.45) is 2.41. The highest BCUT2D eigenvalue weighted by molar-refractivity contribution is 14.0. The average Bonchev–Trinajstić information content (AvgIpc) is 3.10. The summed E-state index contributed by atoms with van der Waals surface area (Å²) in [6, 6.07) is 10.3. The van der Waals surface area contributed by atoms with Crippen LogP contribution in [-0.4, -0.2) is 25.2 Å². The molecule has 0 saturated heterocycles. The van der Waals surface area contributed by atoms with Crippen LogP contribution in [0, 0.1) is 0 Å². The molecular formula is C12H18IN3O. The number of rotatable bonds is 5. The van der Waals surface area contributed by atoms with E-state index in [1.807, 2.05) is 30.3 Å². The molecule has 1 aromatic carbocycles. The Bertz CT molecular complexity index is 352. The van der Waals surface area contributed by atoms with Gasteiger partial charge < -0.3 is 15.8 Å².